The second-order valence-electron chi connectivity index (χ2n) is 6.14. The number of nitrogens with two attached hydrogens (primary N) is 1. The molecule has 0 radical (unpaired) electrons. The van der Waals surface area contributed by atoms with Gasteiger partial charge in [-0.1, -0.05) is 24.3 Å². The molecular weight excluding hydrogens is 338 g/mol. The van der Waals surface area contributed by atoms with Crippen LogP contribution < -0.4 is 15.2 Å². The van der Waals surface area contributed by atoms with Crippen LogP contribution in [0.5, 0.6) is 11.5 Å². The average Bonchev–Trinajstić information content (AvgIpc) is 2.73. The SMILES string of the molecule is COc1cc2nc(N)cc(-c3cccc(-c4cccnc4)c3)c2cc1OC. The van der Waals surface area contributed by atoms with Crippen LogP contribution in [0.15, 0.2) is 67.0 Å². The Bertz CT molecular complexity index is 1110. The molecule has 27 heavy (non-hydrogen) atoms. The van der Waals surface area contributed by atoms with Crippen LogP contribution in [-0.2, 0) is 0 Å². The quantitative estimate of drug-likeness (QED) is 0.580. The summed E-state index contributed by atoms with van der Waals surface area (Å²) >= 11 is 0. The molecule has 5 heteroatoms. The molecule has 0 aliphatic carbocycles. The lowest BCUT2D eigenvalue weighted by Crippen LogP contribution is -1.96. The summed E-state index contributed by atoms with van der Waals surface area (Å²) in [7, 11) is 3.23. The third kappa shape index (κ3) is 3.15. The van der Waals surface area contributed by atoms with Crippen LogP contribution in [0.1, 0.15) is 0 Å². The summed E-state index contributed by atoms with van der Waals surface area (Å²) in [5.41, 5.74) is 11.0. The number of hydrogen-bond donors (Lipinski definition) is 1. The predicted molar refractivity (Wildman–Crippen MR) is 108 cm³/mol. The fourth-order valence-corrected chi connectivity index (χ4v) is 3.21. The molecule has 0 amide bonds. The van der Waals surface area contributed by atoms with Crippen LogP contribution in [0.4, 0.5) is 5.82 Å². The van der Waals surface area contributed by atoms with E-state index in [4.69, 9.17) is 15.2 Å². The molecule has 0 atom stereocenters. The summed E-state index contributed by atoms with van der Waals surface area (Å²) in [6, 6.07) is 17.9. The highest BCUT2D eigenvalue weighted by Crippen LogP contribution is 2.38. The molecule has 0 fully saturated rings. The molecule has 0 saturated carbocycles. The summed E-state index contributed by atoms with van der Waals surface area (Å²) < 4.78 is 10.9. The van der Waals surface area contributed by atoms with Gasteiger partial charge in [0.1, 0.15) is 5.82 Å². The standard InChI is InChI=1S/C22H19N3O2/c1-26-20-10-18-17(11-22(23)25-19(18)12-21(20)27-2)15-6-3-5-14(9-15)16-7-4-8-24-13-16/h3-13H,1-2H3,(H2,23,25). The van der Waals surface area contributed by atoms with Crippen molar-refractivity contribution >= 4 is 16.7 Å². The molecule has 0 aliphatic rings. The van der Waals surface area contributed by atoms with E-state index in [1.165, 1.54) is 0 Å². The molecule has 134 valence electrons. The van der Waals surface area contributed by atoms with Crippen molar-refractivity contribution in [3.8, 4) is 33.8 Å². The number of anilines is 1. The normalized spacial score (nSPS) is 10.7. The van der Waals surface area contributed by atoms with Crippen molar-refractivity contribution in [2.45, 2.75) is 0 Å². The van der Waals surface area contributed by atoms with Gasteiger partial charge in [-0.3, -0.25) is 4.98 Å². The van der Waals surface area contributed by atoms with Gasteiger partial charge in [0.05, 0.1) is 19.7 Å². The number of benzene rings is 2. The third-order valence-corrected chi connectivity index (χ3v) is 4.50. The minimum atomic E-state index is 0.455. The molecule has 2 heterocycles. The number of ether oxygens (including phenoxy) is 2. The van der Waals surface area contributed by atoms with Crippen LogP contribution in [0, 0.1) is 0 Å². The van der Waals surface area contributed by atoms with E-state index in [1.807, 2.05) is 42.6 Å². The van der Waals surface area contributed by atoms with Crippen LogP contribution in [0.25, 0.3) is 33.2 Å². The molecule has 2 aromatic carbocycles. The predicted octanol–water partition coefficient (Wildman–Crippen LogP) is 4.56. The lowest BCUT2D eigenvalue weighted by Gasteiger charge is -2.13. The van der Waals surface area contributed by atoms with Crippen LogP contribution >= 0.6 is 0 Å². The third-order valence-electron chi connectivity index (χ3n) is 4.50. The zero-order valence-corrected chi connectivity index (χ0v) is 15.1. The van der Waals surface area contributed by atoms with E-state index in [9.17, 15) is 0 Å². The molecule has 2 aromatic heterocycles. The van der Waals surface area contributed by atoms with Crippen LogP contribution in [0.3, 0.4) is 0 Å². The van der Waals surface area contributed by atoms with Crippen molar-refractivity contribution < 1.29 is 9.47 Å². The van der Waals surface area contributed by atoms with Gasteiger partial charge in [0.15, 0.2) is 11.5 Å². The maximum atomic E-state index is 6.08. The van der Waals surface area contributed by atoms with Crippen molar-refractivity contribution in [3.63, 3.8) is 0 Å². The summed E-state index contributed by atoms with van der Waals surface area (Å²) in [5, 5.41) is 0.949. The summed E-state index contributed by atoms with van der Waals surface area (Å²) in [6.45, 7) is 0. The largest absolute Gasteiger partial charge is 0.493 e. The number of nitrogen functional groups attached to an aromatic ring is 1. The monoisotopic (exact) mass is 357 g/mol. The molecule has 0 unspecified atom stereocenters. The first-order valence-corrected chi connectivity index (χ1v) is 8.52. The zero-order valence-electron chi connectivity index (χ0n) is 15.1. The molecule has 0 aliphatic heterocycles. The molecule has 4 rings (SSSR count). The first-order chi connectivity index (χ1) is 13.2. The smallest absolute Gasteiger partial charge is 0.162 e. The fraction of sp³-hybridized carbons (Fsp3) is 0.0909. The topological polar surface area (TPSA) is 70.3 Å². The second kappa shape index (κ2) is 6.96. The van der Waals surface area contributed by atoms with Gasteiger partial charge in [0.2, 0.25) is 0 Å². The molecule has 5 nitrogen and oxygen atoms in total. The Hall–Kier alpha value is -3.60. The maximum absolute atomic E-state index is 6.08. The Morgan fingerprint density at radius 1 is 0.815 bits per heavy atom. The van der Waals surface area contributed by atoms with Gasteiger partial charge in [-0.15, -0.1) is 0 Å². The van der Waals surface area contributed by atoms with Crippen molar-refractivity contribution in [2.24, 2.45) is 0 Å². The number of nitrogens with zero attached hydrogens (tertiary/aromatic N) is 2. The van der Waals surface area contributed by atoms with E-state index in [0.717, 1.165) is 33.2 Å². The minimum Gasteiger partial charge on any atom is -0.493 e. The molecule has 0 saturated heterocycles. The van der Waals surface area contributed by atoms with E-state index < -0.39 is 0 Å². The van der Waals surface area contributed by atoms with Gasteiger partial charge in [-0.25, -0.2) is 4.98 Å². The molecular formula is C22H19N3O2. The molecule has 2 N–H and O–H groups in total. The van der Waals surface area contributed by atoms with E-state index in [2.05, 4.69) is 28.2 Å². The Kier molecular flexibility index (Phi) is 4.34. The fourth-order valence-electron chi connectivity index (χ4n) is 3.21. The van der Waals surface area contributed by atoms with E-state index in [-0.39, 0.29) is 0 Å². The van der Waals surface area contributed by atoms with E-state index in [1.54, 1.807) is 20.4 Å². The van der Waals surface area contributed by atoms with Crippen LogP contribution in [-0.4, -0.2) is 24.2 Å². The number of rotatable bonds is 4. The Labute approximate surface area is 157 Å². The first-order valence-electron chi connectivity index (χ1n) is 8.52. The lowest BCUT2D eigenvalue weighted by atomic mass is 9.97. The number of methoxy groups -OCH3 is 2. The minimum absolute atomic E-state index is 0.455. The summed E-state index contributed by atoms with van der Waals surface area (Å²) in [5.74, 6) is 1.73. The van der Waals surface area contributed by atoms with Gasteiger partial charge in [0.25, 0.3) is 0 Å². The number of aromatic nitrogens is 2. The van der Waals surface area contributed by atoms with Gasteiger partial charge in [-0.05, 0) is 41.0 Å². The Balaban J connectivity index is 1.94. The van der Waals surface area contributed by atoms with Crippen LogP contribution in [0.2, 0.25) is 0 Å². The van der Waals surface area contributed by atoms with Gasteiger partial charge in [-0.2, -0.15) is 0 Å². The van der Waals surface area contributed by atoms with Gasteiger partial charge >= 0.3 is 0 Å². The maximum Gasteiger partial charge on any atom is 0.162 e. The van der Waals surface area contributed by atoms with E-state index in [0.29, 0.717) is 17.3 Å². The van der Waals surface area contributed by atoms with Crippen molar-refractivity contribution in [3.05, 3.63) is 67.0 Å². The number of pyridine rings is 2. The number of fused-ring (bicyclic) bond motifs is 1. The van der Waals surface area contributed by atoms with Crippen molar-refractivity contribution in [2.75, 3.05) is 20.0 Å². The average molecular weight is 357 g/mol. The highest BCUT2D eigenvalue weighted by Gasteiger charge is 2.13. The zero-order chi connectivity index (χ0) is 18.8. The molecule has 4 aromatic rings. The van der Waals surface area contributed by atoms with Crippen molar-refractivity contribution in [1.29, 1.82) is 0 Å². The second-order valence-corrected chi connectivity index (χ2v) is 6.14. The summed E-state index contributed by atoms with van der Waals surface area (Å²) in [4.78, 5) is 8.67. The number of hydrogen-bond acceptors (Lipinski definition) is 5. The van der Waals surface area contributed by atoms with Crippen molar-refractivity contribution in [1.82, 2.24) is 9.97 Å². The Morgan fingerprint density at radius 2 is 1.56 bits per heavy atom. The lowest BCUT2D eigenvalue weighted by molar-refractivity contribution is 0.356. The highest BCUT2D eigenvalue weighted by molar-refractivity contribution is 5.98. The highest BCUT2D eigenvalue weighted by atomic mass is 16.5. The van der Waals surface area contributed by atoms with Gasteiger partial charge in [0, 0.05) is 29.4 Å². The van der Waals surface area contributed by atoms with Gasteiger partial charge < -0.3 is 15.2 Å². The first kappa shape index (κ1) is 16.8. The summed E-state index contributed by atoms with van der Waals surface area (Å²) in [6.07, 6.45) is 3.62. The molecule has 0 bridgehead atoms. The Morgan fingerprint density at radius 3 is 2.30 bits per heavy atom. The molecule has 0 spiro atoms. The van der Waals surface area contributed by atoms with E-state index >= 15 is 0 Å².